The number of carbonyl (C=O) groups excluding carboxylic acids is 3. The number of benzene rings is 1. The Kier molecular flexibility index (Phi) is 13.0. The van der Waals surface area contributed by atoms with Gasteiger partial charge in [-0.1, -0.05) is 71.2 Å². The zero-order valence-corrected chi connectivity index (χ0v) is 23.9. The van der Waals surface area contributed by atoms with Gasteiger partial charge < -0.3 is 20.3 Å². The van der Waals surface area contributed by atoms with Crippen LogP contribution in [0.1, 0.15) is 105 Å². The highest BCUT2D eigenvalue weighted by Crippen LogP contribution is 2.29. The van der Waals surface area contributed by atoms with Crippen molar-refractivity contribution in [2.24, 2.45) is 5.92 Å². The smallest absolute Gasteiger partial charge is 0.408 e. The van der Waals surface area contributed by atoms with E-state index in [0.717, 1.165) is 30.4 Å². The molecule has 204 valence electrons. The van der Waals surface area contributed by atoms with Crippen LogP contribution in [-0.2, 0) is 14.3 Å². The average Bonchev–Trinajstić information content (AvgIpc) is 2.81. The Balaban J connectivity index is 3.50. The van der Waals surface area contributed by atoms with Crippen LogP contribution in [0.15, 0.2) is 24.3 Å². The van der Waals surface area contributed by atoms with E-state index in [-0.39, 0.29) is 23.8 Å². The molecule has 0 radical (unpaired) electrons. The van der Waals surface area contributed by atoms with Crippen molar-refractivity contribution in [3.8, 4) is 0 Å². The molecule has 0 saturated heterocycles. The van der Waals surface area contributed by atoms with Gasteiger partial charge in [-0.15, -0.1) is 0 Å². The fourth-order valence-electron chi connectivity index (χ4n) is 4.07. The third kappa shape index (κ3) is 9.47. The SMILES string of the molecule is CCCCCNC(=O)C(c1ccccc1C)N(C(=O)C(NC(=O)OC(C)(C)C)C(C)CC)C(C)CC. The number of amides is 3. The van der Waals surface area contributed by atoms with E-state index < -0.39 is 23.8 Å². The van der Waals surface area contributed by atoms with E-state index in [1.807, 2.05) is 58.9 Å². The number of aryl methyl sites for hydroxylation is 1. The van der Waals surface area contributed by atoms with E-state index in [2.05, 4.69) is 17.6 Å². The van der Waals surface area contributed by atoms with Crippen LogP contribution in [0, 0.1) is 12.8 Å². The Morgan fingerprint density at radius 1 is 1.00 bits per heavy atom. The lowest BCUT2D eigenvalue weighted by Crippen LogP contribution is -2.57. The topological polar surface area (TPSA) is 87.7 Å². The quantitative estimate of drug-likeness (QED) is 0.328. The van der Waals surface area contributed by atoms with Crippen LogP contribution in [-0.4, -0.2) is 47.0 Å². The van der Waals surface area contributed by atoms with Crippen molar-refractivity contribution in [2.75, 3.05) is 6.54 Å². The fraction of sp³-hybridized carbons (Fsp3) is 0.690. The first kappa shape index (κ1) is 31.5. The van der Waals surface area contributed by atoms with Gasteiger partial charge in [0.05, 0.1) is 0 Å². The summed E-state index contributed by atoms with van der Waals surface area (Å²) in [5, 5.41) is 5.89. The summed E-state index contributed by atoms with van der Waals surface area (Å²) < 4.78 is 5.47. The minimum Gasteiger partial charge on any atom is -0.444 e. The minimum absolute atomic E-state index is 0.151. The molecule has 4 atom stereocenters. The molecule has 0 spiro atoms. The third-order valence-electron chi connectivity index (χ3n) is 6.56. The second-order valence-electron chi connectivity index (χ2n) is 10.8. The Labute approximate surface area is 218 Å². The van der Waals surface area contributed by atoms with Crippen LogP contribution in [0.25, 0.3) is 0 Å². The molecule has 2 N–H and O–H groups in total. The summed E-state index contributed by atoms with van der Waals surface area (Å²) in [6, 6.07) is 5.84. The van der Waals surface area contributed by atoms with E-state index in [1.165, 1.54) is 0 Å². The number of carbonyl (C=O) groups is 3. The second-order valence-corrected chi connectivity index (χ2v) is 10.8. The number of nitrogens with one attached hydrogen (secondary N) is 2. The summed E-state index contributed by atoms with van der Waals surface area (Å²) in [6.45, 7) is 17.9. The van der Waals surface area contributed by atoms with E-state index >= 15 is 0 Å². The summed E-state index contributed by atoms with van der Waals surface area (Å²) in [6.07, 6.45) is 3.67. The van der Waals surface area contributed by atoms with Crippen LogP contribution in [0.2, 0.25) is 0 Å². The number of hydrogen-bond acceptors (Lipinski definition) is 4. The molecule has 4 unspecified atom stereocenters. The van der Waals surface area contributed by atoms with Gasteiger partial charge >= 0.3 is 6.09 Å². The first-order valence-corrected chi connectivity index (χ1v) is 13.5. The third-order valence-corrected chi connectivity index (χ3v) is 6.56. The first-order chi connectivity index (χ1) is 16.9. The molecule has 0 bridgehead atoms. The highest BCUT2D eigenvalue weighted by atomic mass is 16.6. The maximum atomic E-state index is 14.2. The molecule has 1 aromatic rings. The molecule has 1 rings (SSSR count). The average molecular weight is 504 g/mol. The molecule has 3 amide bonds. The normalized spacial score (nSPS) is 14.8. The van der Waals surface area contributed by atoms with Crippen LogP contribution in [0.4, 0.5) is 4.79 Å². The van der Waals surface area contributed by atoms with Gasteiger partial charge in [-0.3, -0.25) is 9.59 Å². The largest absolute Gasteiger partial charge is 0.444 e. The number of ether oxygens (including phenoxy) is 1. The molecule has 0 aromatic heterocycles. The van der Waals surface area contributed by atoms with Gasteiger partial charge in [0.2, 0.25) is 11.8 Å². The first-order valence-electron chi connectivity index (χ1n) is 13.5. The van der Waals surface area contributed by atoms with Gasteiger partial charge in [0.15, 0.2) is 0 Å². The predicted octanol–water partition coefficient (Wildman–Crippen LogP) is 5.91. The minimum atomic E-state index is -0.821. The lowest BCUT2D eigenvalue weighted by Gasteiger charge is -2.39. The van der Waals surface area contributed by atoms with Crippen LogP contribution < -0.4 is 10.6 Å². The lowest BCUT2D eigenvalue weighted by molar-refractivity contribution is -0.146. The molecule has 0 aliphatic carbocycles. The summed E-state index contributed by atoms with van der Waals surface area (Å²) in [7, 11) is 0. The van der Waals surface area contributed by atoms with E-state index in [0.29, 0.717) is 19.4 Å². The Morgan fingerprint density at radius 3 is 2.17 bits per heavy atom. The molecular formula is C29H49N3O4. The van der Waals surface area contributed by atoms with Crippen molar-refractivity contribution >= 4 is 17.9 Å². The Morgan fingerprint density at radius 2 is 1.64 bits per heavy atom. The second kappa shape index (κ2) is 14.9. The molecule has 0 heterocycles. The van der Waals surface area contributed by atoms with E-state index in [4.69, 9.17) is 4.74 Å². The van der Waals surface area contributed by atoms with Crippen molar-refractivity contribution in [2.45, 2.75) is 118 Å². The Hall–Kier alpha value is -2.57. The van der Waals surface area contributed by atoms with Gasteiger partial charge in [-0.25, -0.2) is 4.79 Å². The molecular weight excluding hydrogens is 454 g/mol. The highest BCUT2D eigenvalue weighted by Gasteiger charge is 2.40. The fourth-order valence-corrected chi connectivity index (χ4v) is 4.07. The molecule has 36 heavy (non-hydrogen) atoms. The van der Waals surface area contributed by atoms with Gasteiger partial charge in [0.25, 0.3) is 0 Å². The highest BCUT2D eigenvalue weighted by molar-refractivity contribution is 5.92. The molecule has 1 aromatic carbocycles. The van der Waals surface area contributed by atoms with Crippen LogP contribution in [0.3, 0.4) is 0 Å². The van der Waals surface area contributed by atoms with Crippen LogP contribution in [0.5, 0.6) is 0 Å². The molecule has 0 fully saturated rings. The van der Waals surface area contributed by atoms with Crippen molar-refractivity contribution in [1.82, 2.24) is 15.5 Å². The summed E-state index contributed by atoms with van der Waals surface area (Å²) in [5.74, 6) is -0.627. The summed E-state index contributed by atoms with van der Waals surface area (Å²) in [5.41, 5.74) is 1.04. The molecule has 7 heteroatoms. The van der Waals surface area contributed by atoms with Crippen molar-refractivity contribution < 1.29 is 19.1 Å². The van der Waals surface area contributed by atoms with E-state index in [9.17, 15) is 14.4 Å². The number of hydrogen-bond donors (Lipinski definition) is 2. The van der Waals surface area contributed by atoms with Crippen molar-refractivity contribution in [3.63, 3.8) is 0 Å². The van der Waals surface area contributed by atoms with Crippen LogP contribution >= 0.6 is 0 Å². The maximum Gasteiger partial charge on any atom is 0.408 e. The number of unbranched alkanes of at least 4 members (excludes halogenated alkanes) is 2. The van der Waals surface area contributed by atoms with Crippen molar-refractivity contribution in [3.05, 3.63) is 35.4 Å². The molecule has 7 nitrogen and oxygen atoms in total. The predicted molar refractivity (Wildman–Crippen MR) is 146 cm³/mol. The van der Waals surface area contributed by atoms with Gasteiger partial charge in [0.1, 0.15) is 17.7 Å². The number of nitrogens with zero attached hydrogens (tertiary/aromatic N) is 1. The zero-order chi connectivity index (χ0) is 27.5. The maximum absolute atomic E-state index is 14.2. The molecule has 0 aliphatic rings. The standard InChI is InChI=1S/C29H49N3O4/c1-10-13-16-19-30-26(33)25(23-18-15-14-17-21(23)5)32(22(6)12-3)27(34)24(20(4)11-2)31-28(35)36-29(7,8)9/h14-15,17-18,20,22,24-25H,10-13,16,19H2,1-9H3,(H,30,33)(H,31,35). The zero-order valence-electron chi connectivity index (χ0n) is 23.9. The Bertz CT molecular complexity index is 849. The van der Waals surface area contributed by atoms with Gasteiger partial charge in [-0.05, 0) is 64.5 Å². The van der Waals surface area contributed by atoms with Gasteiger partial charge in [0, 0.05) is 12.6 Å². The summed E-state index contributed by atoms with van der Waals surface area (Å²) in [4.78, 5) is 42.3. The molecule has 0 aliphatic heterocycles. The molecule has 0 saturated carbocycles. The van der Waals surface area contributed by atoms with E-state index in [1.54, 1.807) is 25.7 Å². The summed E-state index contributed by atoms with van der Waals surface area (Å²) >= 11 is 0. The van der Waals surface area contributed by atoms with Gasteiger partial charge in [-0.2, -0.15) is 0 Å². The number of alkyl carbamates (subject to hydrolysis) is 1. The number of rotatable bonds is 13. The van der Waals surface area contributed by atoms with Crippen molar-refractivity contribution in [1.29, 1.82) is 0 Å². The lowest BCUT2D eigenvalue weighted by atomic mass is 9.93. The monoisotopic (exact) mass is 503 g/mol.